The summed E-state index contributed by atoms with van der Waals surface area (Å²) in [5, 5.41) is 0. The Balaban J connectivity index is 2.53. The summed E-state index contributed by atoms with van der Waals surface area (Å²) in [7, 11) is 1.68. The topological polar surface area (TPSA) is 27.1 Å². The molecule has 1 heterocycles. The third-order valence-corrected chi connectivity index (χ3v) is 3.62. The van der Waals surface area contributed by atoms with Crippen LogP contribution in [0.5, 0.6) is 5.75 Å². The monoisotopic (exact) mass is 280 g/mol. The molecule has 0 saturated carbocycles. The molecule has 4 heteroatoms. The van der Waals surface area contributed by atoms with Crippen LogP contribution in [0, 0.1) is 0 Å². The quantitative estimate of drug-likeness (QED) is 0.742. The standard InChI is InChI=1S/C15H21ClN2O/c1-4-5-11(2)18-14-7-6-12(19-3)10-13(14)17-15(18)8-9-16/h6-7,10-11H,4-5,8-9H2,1-3H3. The van der Waals surface area contributed by atoms with Crippen molar-refractivity contribution in [3.05, 3.63) is 24.0 Å². The number of imidazole rings is 1. The van der Waals surface area contributed by atoms with Gasteiger partial charge in [0.05, 0.1) is 18.1 Å². The van der Waals surface area contributed by atoms with Crippen molar-refractivity contribution in [1.29, 1.82) is 0 Å². The van der Waals surface area contributed by atoms with Gasteiger partial charge in [-0.1, -0.05) is 13.3 Å². The largest absolute Gasteiger partial charge is 0.497 e. The second kappa shape index (κ2) is 6.29. The molecule has 0 aliphatic heterocycles. The third kappa shape index (κ3) is 2.86. The van der Waals surface area contributed by atoms with Gasteiger partial charge in [-0.05, 0) is 25.5 Å². The number of alkyl halides is 1. The zero-order valence-electron chi connectivity index (χ0n) is 11.8. The highest BCUT2D eigenvalue weighted by atomic mass is 35.5. The van der Waals surface area contributed by atoms with Crippen LogP contribution in [0.1, 0.15) is 38.6 Å². The lowest BCUT2D eigenvalue weighted by atomic mass is 10.2. The van der Waals surface area contributed by atoms with Crippen molar-refractivity contribution >= 4 is 22.6 Å². The van der Waals surface area contributed by atoms with E-state index in [0.717, 1.165) is 36.4 Å². The summed E-state index contributed by atoms with van der Waals surface area (Å²) in [6.45, 7) is 4.45. The first-order chi connectivity index (χ1) is 9.21. The number of methoxy groups -OCH3 is 1. The predicted octanol–water partition coefficient (Wildman–Crippen LogP) is 4.19. The van der Waals surface area contributed by atoms with Crippen molar-refractivity contribution in [2.24, 2.45) is 0 Å². The maximum atomic E-state index is 5.90. The minimum atomic E-state index is 0.446. The van der Waals surface area contributed by atoms with E-state index in [1.165, 1.54) is 5.52 Å². The molecule has 0 N–H and O–H groups in total. The van der Waals surface area contributed by atoms with E-state index >= 15 is 0 Å². The average molecular weight is 281 g/mol. The molecular formula is C15H21ClN2O. The zero-order valence-corrected chi connectivity index (χ0v) is 12.6. The molecule has 0 bridgehead atoms. The first-order valence-electron chi connectivity index (χ1n) is 6.82. The maximum absolute atomic E-state index is 5.90. The predicted molar refractivity (Wildman–Crippen MR) is 80.3 cm³/mol. The number of benzene rings is 1. The third-order valence-electron chi connectivity index (χ3n) is 3.44. The van der Waals surface area contributed by atoms with E-state index in [2.05, 4.69) is 24.5 Å². The Morgan fingerprint density at radius 3 is 2.84 bits per heavy atom. The Kier molecular flexibility index (Phi) is 4.70. The molecule has 0 spiro atoms. The Bertz CT molecular complexity index is 550. The van der Waals surface area contributed by atoms with Gasteiger partial charge in [-0.15, -0.1) is 11.6 Å². The van der Waals surface area contributed by atoms with Gasteiger partial charge < -0.3 is 9.30 Å². The molecule has 2 rings (SSSR count). The van der Waals surface area contributed by atoms with E-state index in [-0.39, 0.29) is 0 Å². The van der Waals surface area contributed by atoms with Gasteiger partial charge in [-0.3, -0.25) is 0 Å². The number of aryl methyl sites for hydroxylation is 1. The number of rotatable bonds is 6. The minimum Gasteiger partial charge on any atom is -0.497 e. The number of ether oxygens (including phenoxy) is 1. The highest BCUT2D eigenvalue weighted by Gasteiger charge is 2.15. The van der Waals surface area contributed by atoms with Crippen molar-refractivity contribution in [3.8, 4) is 5.75 Å². The molecular weight excluding hydrogens is 260 g/mol. The van der Waals surface area contributed by atoms with E-state index in [0.29, 0.717) is 11.9 Å². The van der Waals surface area contributed by atoms with Gasteiger partial charge in [0.15, 0.2) is 0 Å². The number of halogens is 1. The smallest absolute Gasteiger partial charge is 0.121 e. The van der Waals surface area contributed by atoms with Crippen LogP contribution in [0.25, 0.3) is 11.0 Å². The van der Waals surface area contributed by atoms with Crippen LogP contribution < -0.4 is 4.74 Å². The summed E-state index contributed by atoms with van der Waals surface area (Å²) in [4.78, 5) is 4.71. The van der Waals surface area contributed by atoms with E-state index in [1.54, 1.807) is 7.11 Å². The summed E-state index contributed by atoms with van der Waals surface area (Å²) in [5.41, 5.74) is 2.16. The second-order valence-corrected chi connectivity index (χ2v) is 5.21. The molecule has 3 nitrogen and oxygen atoms in total. The Labute approximate surface area is 119 Å². The molecule has 0 radical (unpaired) electrons. The van der Waals surface area contributed by atoms with E-state index < -0.39 is 0 Å². The fourth-order valence-corrected chi connectivity index (χ4v) is 2.72. The lowest BCUT2D eigenvalue weighted by molar-refractivity contribution is 0.415. The molecule has 1 unspecified atom stereocenters. The van der Waals surface area contributed by atoms with Gasteiger partial charge in [0.1, 0.15) is 11.6 Å². The summed E-state index contributed by atoms with van der Waals surface area (Å²) in [5.74, 6) is 2.51. The van der Waals surface area contributed by atoms with Gasteiger partial charge in [0.2, 0.25) is 0 Å². The highest BCUT2D eigenvalue weighted by molar-refractivity contribution is 6.17. The number of hydrogen-bond acceptors (Lipinski definition) is 2. The van der Waals surface area contributed by atoms with Crippen LogP contribution in [0.2, 0.25) is 0 Å². The molecule has 2 aromatic rings. The summed E-state index contributed by atoms with van der Waals surface area (Å²) >= 11 is 5.90. The summed E-state index contributed by atoms with van der Waals surface area (Å²) in [6.07, 6.45) is 3.11. The van der Waals surface area contributed by atoms with Gasteiger partial charge in [-0.2, -0.15) is 0 Å². The Morgan fingerprint density at radius 1 is 1.42 bits per heavy atom. The van der Waals surface area contributed by atoms with Crippen LogP contribution in [0.4, 0.5) is 0 Å². The van der Waals surface area contributed by atoms with Crippen LogP contribution in [0.3, 0.4) is 0 Å². The van der Waals surface area contributed by atoms with Crippen LogP contribution >= 0.6 is 11.6 Å². The van der Waals surface area contributed by atoms with E-state index in [1.807, 2.05) is 12.1 Å². The fraction of sp³-hybridized carbons (Fsp3) is 0.533. The number of nitrogens with zero attached hydrogens (tertiary/aromatic N) is 2. The first-order valence-corrected chi connectivity index (χ1v) is 7.35. The average Bonchev–Trinajstić information content (AvgIpc) is 2.76. The molecule has 1 atom stereocenters. The Morgan fingerprint density at radius 2 is 2.21 bits per heavy atom. The number of fused-ring (bicyclic) bond motifs is 1. The second-order valence-electron chi connectivity index (χ2n) is 4.83. The van der Waals surface area contributed by atoms with Gasteiger partial charge in [0, 0.05) is 24.4 Å². The van der Waals surface area contributed by atoms with Crippen LogP contribution in [-0.4, -0.2) is 22.5 Å². The minimum absolute atomic E-state index is 0.446. The molecule has 0 amide bonds. The van der Waals surface area contributed by atoms with Gasteiger partial charge in [-0.25, -0.2) is 4.98 Å². The molecule has 0 fully saturated rings. The highest BCUT2D eigenvalue weighted by Crippen LogP contribution is 2.27. The molecule has 19 heavy (non-hydrogen) atoms. The van der Waals surface area contributed by atoms with Crippen molar-refractivity contribution < 1.29 is 4.74 Å². The van der Waals surface area contributed by atoms with Crippen molar-refractivity contribution in [2.45, 2.75) is 39.2 Å². The molecule has 0 saturated heterocycles. The molecule has 1 aromatic heterocycles. The lowest BCUT2D eigenvalue weighted by Gasteiger charge is -2.16. The maximum Gasteiger partial charge on any atom is 0.121 e. The van der Waals surface area contributed by atoms with Crippen molar-refractivity contribution in [1.82, 2.24) is 9.55 Å². The zero-order chi connectivity index (χ0) is 13.8. The number of hydrogen-bond donors (Lipinski definition) is 0. The fourth-order valence-electron chi connectivity index (χ4n) is 2.55. The van der Waals surface area contributed by atoms with Crippen molar-refractivity contribution in [2.75, 3.05) is 13.0 Å². The van der Waals surface area contributed by atoms with Gasteiger partial charge >= 0.3 is 0 Å². The van der Waals surface area contributed by atoms with Crippen LogP contribution in [-0.2, 0) is 6.42 Å². The normalized spacial score (nSPS) is 12.8. The molecule has 104 valence electrons. The van der Waals surface area contributed by atoms with E-state index in [4.69, 9.17) is 21.3 Å². The summed E-state index contributed by atoms with van der Waals surface area (Å²) in [6, 6.07) is 6.51. The molecule has 0 aliphatic rings. The first kappa shape index (κ1) is 14.2. The molecule has 1 aromatic carbocycles. The van der Waals surface area contributed by atoms with Crippen molar-refractivity contribution in [3.63, 3.8) is 0 Å². The Hall–Kier alpha value is -1.22. The molecule has 0 aliphatic carbocycles. The summed E-state index contributed by atoms with van der Waals surface area (Å²) < 4.78 is 7.58. The van der Waals surface area contributed by atoms with E-state index in [9.17, 15) is 0 Å². The lowest BCUT2D eigenvalue weighted by Crippen LogP contribution is -2.09. The SMILES string of the molecule is CCCC(C)n1c(CCCl)nc2cc(OC)ccc21. The van der Waals surface area contributed by atoms with Crippen LogP contribution in [0.15, 0.2) is 18.2 Å². The van der Waals surface area contributed by atoms with Gasteiger partial charge in [0.25, 0.3) is 0 Å². The number of aromatic nitrogens is 2.